The van der Waals surface area contributed by atoms with Crippen LogP contribution in [0, 0.1) is 0 Å². The number of hydrogen-bond donors (Lipinski definition) is 1. The summed E-state index contributed by atoms with van der Waals surface area (Å²) in [5.41, 5.74) is 0. The molecule has 0 fully saturated rings. The van der Waals surface area contributed by atoms with Gasteiger partial charge in [0, 0.05) is 5.25 Å². The van der Waals surface area contributed by atoms with Gasteiger partial charge in [-0.1, -0.05) is 117 Å². The molecule has 176 valence electrons. The van der Waals surface area contributed by atoms with E-state index >= 15 is 0 Å². The molecule has 0 heterocycles. The van der Waals surface area contributed by atoms with Gasteiger partial charge in [0.2, 0.25) is 0 Å². The molecule has 0 aromatic carbocycles. The predicted molar refractivity (Wildman–Crippen MR) is 123 cm³/mol. The molecular formula is C24H49KO4S. The summed E-state index contributed by atoms with van der Waals surface area (Å²) in [6, 6.07) is 0. The van der Waals surface area contributed by atoms with Crippen molar-refractivity contribution in [2.45, 2.75) is 154 Å². The van der Waals surface area contributed by atoms with Crippen LogP contribution in [-0.2, 0) is 10.1 Å². The van der Waals surface area contributed by atoms with Crippen molar-refractivity contribution in [3.05, 3.63) is 0 Å². The number of aliphatic hydroxyl groups excluding tert-OH is 1. The quantitative estimate of drug-likeness (QED) is 0.146. The Balaban J connectivity index is 0. The third-order valence-corrected chi connectivity index (χ3v) is 7.26. The molecule has 0 bridgehead atoms. The van der Waals surface area contributed by atoms with E-state index in [1.165, 1.54) is 57.8 Å². The summed E-state index contributed by atoms with van der Waals surface area (Å²) in [6.07, 6.45) is 21.6. The zero-order chi connectivity index (χ0) is 21.8. The minimum absolute atomic E-state index is 0. The normalized spacial score (nSPS) is 13.7. The fourth-order valence-electron chi connectivity index (χ4n) is 4.05. The van der Waals surface area contributed by atoms with Gasteiger partial charge < -0.3 is 9.66 Å². The van der Waals surface area contributed by atoms with Crippen molar-refractivity contribution in [3.63, 3.8) is 0 Å². The zero-order valence-electron chi connectivity index (χ0n) is 20.4. The molecule has 0 amide bonds. The maximum absolute atomic E-state index is 11.2. The van der Waals surface area contributed by atoms with Crippen LogP contribution in [0.2, 0.25) is 0 Å². The Morgan fingerprint density at radius 3 is 1.33 bits per heavy atom. The van der Waals surface area contributed by atoms with Gasteiger partial charge in [-0.05, 0) is 25.7 Å². The van der Waals surface area contributed by atoms with E-state index in [-0.39, 0.29) is 57.5 Å². The molecule has 0 aromatic rings. The van der Waals surface area contributed by atoms with Crippen LogP contribution in [0.3, 0.4) is 0 Å². The first-order valence-electron chi connectivity index (χ1n) is 12.5. The molecule has 0 saturated heterocycles. The third kappa shape index (κ3) is 22.7. The van der Waals surface area contributed by atoms with E-state index in [0.29, 0.717) is 12.8 Å². The van der Waals surface area contributed by atoms with Crippen LogP contribution in [-0.4, -0.2) is 29.4 Å². The largest absolute Gasteiger partial charge is 1.00 e. The number of aliphatic hydroxyl groups is 1. The van der Waals surface area contributed by atoms with Gasteiger partial charge in [0.1, 0.15) is 0 Å². The molecule has 4 nitrogen and oxygen atoms in total. The Morgan fingerprint density at radius 2 is 0.967 bits per heavy atom. The number of unbranched alkanes of at least 4 members (excludes halogenated alkanes) is 13. The minimum atomic E-state index is -4.14. The SMILES string of the molecule is CCCCCCCCCCCCC(O)CCCCCCCC(CCC)S(=O)(=O)[O-].[K+]. The first-order valence-corrected chi connectivity index (χ1v) is 14.0. The molecule has 0 saturated carbocycles. The maximum Gasteiger partial charge on any atom is 1.00 e. The van der Waals surface area contributed by atoms with Crippen molar-refractivity contribution in [1.29, 1.82) is 0 Å². The number of hydrogen-bond acceptors (Lipinski definition) is 4. The van der Waals surface area contributed by atoms with Crippen molar-refractivity contribution in [1.82, 2.24) is 0 Å². The summed E-state index contributed by atoms with van der Waals surface area (Å²) < 4.78 is 33.6. The van der Waals surface area contributed by atoms with Gasteiger partial charge in [-0.2, -0.15) is 0 Å². The van der Waals surface area contributed by atoms with Gasteiger partial charge in [0.25, 0.3) is 0 Å². The first kappa shape index (κ1) is 33.7. The van der Waals surface area contributed by atoms with Gasteiger partial charge >= 0.3 is 51.4 Å². The molecule has 1 N–H and O–H groups in total. The molecule has 0 aliphatic heterocycles. The smallest absolute Gasteiger partial charge is 0.748 e. The summed E-state index contributed by atoms with van der Waals surface area (Å²) in [5, 5.41) is 9.40. The summed E-state index contributed by atoms with van der Waals surface area (Å²) in [5.74, 6) is 0. The van der Waals surface area contributed by atoms with E-state index < -0.39 is 15.4 Å². The molecule has 6 heteroatoms. The fraction of sp³-hybridized carbons (Fsp3) is 1.00. The van der Waals surface area contributed by atoms with Crippen molar-refractivity contribution in [2.24, 2.45) is 0 Å². The third-order valence-electron chi connectivity index (χ3n) is 5.97. The van der Waals surface area contributed by atoms with Gasteiger partial charge in [-0.25, -0.2) is 8.42 Å². The van der Waals surface area contributed by atoms with Gasteiger partial charge in [0.05, 0.1) is 16.2 Å². The van der Waals surface area contributed by atoms with Crippen molar-refractivity contribution in [2.75, 3.05) is 0 Å². The van der Waals surface area contributed by atoms with E-state index in [2.05, 4.69) is 6.92 Å². The van der Waals surface area contributed by atoms with Gasteiger partial charge in [0.15, 0.2) is 0 Å². The van der Waals surface area contributed by atoms with Gasteiger partial charge in [-0.15, -0.1) is 0 Å². The van der Waals surface area contributed by atoms with Crippen LogP contribution >= 0.6 is 0 Å². The minimum Gasteiger partial charge on any atom is -0.748 e. The van der Waals surface area contributed by atoms with Gasteiger partial charge in [-0.3, -0.25) is 0 Å². The Kier molecular flexibility index (Phi) is 26.6. The molecule has 0 aliphatic carbocycles. The second kappa shape index (κ2) is 23.7. The predicted octanol–water partition coefficient (Wildman–Crippen LogP) is 4.11. The molecule has 0 aliphatic rings. The van der Waals surface area contributed by atoms with Crippen LogP contribution in [0.25, 0.3) is 0 Å². The molecule has 2 unspecified atom stereocenters. The van der Waals surface area contributed by atoms with Crippen LogP contribution in [0.5, 0.6) is 0 Å². The summed E-state index contributed by atoms with van der Waals surface area (Å²) in [4.78, 5) is 0. The van der Waals surface area contributed by atoms with Crippen LogP contribution in [0.4, 0.5) is 0 Å². The van der Waals surface area contributed by atoms with Crippen molar-refractivity contribution < 1.29 is 69.5 Å². The van der Waals surface area contributed by atoms with E-state index in [4.69, 9.17) is 0 Å². The molecule has 0 spiro atoms. The Labute approximate surface area is 230 Å². The Hall–Kier alpha value is 1.51. The average Bonchev–Trinajstić information content (AvgIpc) is 2.67. The topological polar surface area (TPSA) is 77.4 Å². The van der Waals surface area contributed by atoms with Crippen molar-refractivity contribution >= 4 is 10.1 Å². The van der Waals surface area contributed by atoms with E-state index in [1.54, 1.807) is 0 Å². The van der Waals surface area contributed by atoms with E-state index in [9.17, 15) is 18.1 Å². The molecule has 0 rings (SSSR count). The van der Waals surface area contributed by atoms with Crippen molar-refractivity contribution in [3.8, 4) is 0 Å². The molecule has 30 heavy (non-hydrogen) atoms. The average molecular weight is 473 g/mol. The summed E-state index contributed by atoms with van der Waals surface area (Å²) in [6.45, 7) is 4.17. The second-order valence-corrected chi connectivity index (χ2v) is 10.5. The van der Waals surface area contributed by atoms with Crippen LogP contribution in [0.1, 0.15) is 142 Å². The summed E-state index contributed by atoms with van der Waals surface area (Å²) in [7, 11) is -4.14. The first-order chi connectivity index (χ1) is 13.9. The standard InChI is InChI=1S/C24H50O4S.K/c1-3-5-6-7-8-9-10-11-13-16-20-23(25)21-17-14-12-15-18-22-24(19-4-2)29(26,27)28;/h23-25H,3-22H2,1-2H3,(H,26,27,28);/q;+1/p-1. The fourth-order valence-corrected chi connectivity index (χ4v) is 5.03. The number of rotatable bonds is 22. The van der Waals surface area contributed by atoms with E-state index in [0.717, 1.165) is 57.8 Å². The zero-order valence-corrected chi connectivity index (χ0v) is 24.3. The summed E-state index contributed by atoms with van der Waals surface area (Å²) >= 11 is 0. The maximum atomic E-state index is 11.2. The van der Waals surface area contributed by atoms with Crippen LogP contribution < -0.4 is 51.4 Å². The monoisotopic (exact) mass is 472 g/mol. The molecular weight excluding hydrogens is 423 g/mol. The molecule has 0 radical (unpaired) electrons. The Morgan fingerprint density at radius 1 is 0.600 bits per heavy atom. The molecule has 0 aromatic heterocycles. The molecule has 2 atom stereocenters. The van der Waals surface area contributed by atoms with Crippen LogP contribution in [0.15, 0.2) is 0 Å². The Bertz CT molecular complexity index is 442. The van der Waals surface area contributed by atoms with E-state index in [1.807, 2.05) is 6.92 Å². The second-order valence-electron chi connectivity index (χ2n) is 8.87.